The normalized spacial score (nSPS) is 11.3. The van der Waals surface area contributed by atoms with E-state index in [9.17, 15) is 18.0 Å². The van der Waals surface area contributed by atoms with Crippen LogP contribution in [0.25, 0.3) is 0 Å². The lowest BCUT2D eigenvalue weighted by Crippen LogP contribution is -2.30. The summed E-state index contributed by atoms with van der Waals surface area (Å²) in [5, 5.41) is 3.64. The largest absolute Gasteiger partial charge is 0.484 e. The van der Waals surface area contributed by atoms with Gasteiger partial charge in [-0.05, 0) is 35.9 Å². The molecule has 2 aromatic carbocycles. The molecule has 1 N–H and O–H groups in total. The van der Waals surface area contributed by atoms with Crippen molar-refractivity contribution in [3.63, 3.8) is 0 Å². The standard InChI is InChI=1S/C18H16Cl2F3NO2S/c19-15-5-4-12(8-16(15)20)11-27-7-6-24-17(25)10-26-14-3-1-2-13(9-14)18(21,22)23/h1-5,8-9H,6-7,10-11H2,(H,24,25). The monoisotopic (exact) mass is 437 g/mol. The number of amides is 1. The number of carbonyl (C=O) groups excluding carboxylic acids is 1. The van der Waals surface area contributed by atoms with Crippen LogP contribution in [-0.2, 0) is 16.7 Å². The van der Waals surface area contributed by atoms with Gasteiger partial charge in [0.25, 0.3) is 5.91 Å². The fourth-order valence-electron chi connectivity index (χ4n) is 2.04. The number of halogens is 5. The Bertz CT molecular complexity index is 787. The molecule has 0 aliphatic rings. The van der Waals surface area contributed by atoms with Crippen LogP contribution in [0, 0.1) is 0 Å². The number of rotatable bonds is 8. The average Bonchev–Trinajstić information content (AvgIpc) is 2.62. The van der Waals surface area contributed by atoms with Crippen LogP contribution in [0.3, 0.4) is 0 Å². The van der Waals surface area contributed by atoms with E-state index in [1.165, 1.54) is 12.1 Å². The molecule has 0 unspecified atom stereocenters. The number of carbonyl (C=O) groups is 1. The third-order valence-corrected chi connectivity index (χ3v) is 5.12. The van der Waals surface area contributed by atoms with E-state index in [4.69, 9.17) is 27.9 Å². The molecule has 3 nitrogen and oxygen atoms in total. The summed E-state index contributed by atoms with van der Waals surface area (Å²) in [5.74, 6) is 0.972. The summed E-state index contributed by atoms with van der Waals surface area (Å²) in [6, 6.07) is 9.80. The Morgan fingerprint density at radius 3 is 2.59 bits per heavy atom. The Kier molecular flexibility index (Phi) is 8.13. The highest BCUT2D eigenvalue weighted by atomic mass is 35.5. The van der Waals surface area contributed by atoms with E-state index in [0.717, 1.165) is 17.7 Å². The number of thioether (sulfide) groups is 1. The van der Waals surface area contributed by atoms with Gasteiger partial charge >= 0.3 is 6.18 Å². The Morgan fingerprint density at radius 1 is 1.11 bits per heavy atom. The predicted octanol–water partition coefficient (Wildman–Crippen LogP) is 5.44. The zero-order valence-electron chi connectivity index (χ0n) is 14.0. The number of benzene rings is 2. The lowest BCUT2D eigenvalue weighted by atomic mass is 10.2. The van der Waals surface area contributed by atoms with Crippen LogP contribution >= 0.6 is 35.0 Å². The molecular formula is C18H16Cl2F3NO2S. The summed E-state index contributed by atoms with van der Waals surface area (Å²) in [4.78, 5) is 11.7. The molecule has 0 atom stereocenters. The van der Waals surface area contributed by atoms with E-state index < -0.39 is 17.6 Å². The third kappa shape index (κ3) is 7.52. The van der Waals surface area contributed by atoms with Crippen molar-refractivity contribution < 1.29 is 22.7 Å². The summed E-state index contributed by atoms with van der Waals surface area (Å²) < 4.78 is 43.0. The van der Waals surface area contributed by atoms with Gasteiger partial charge in [-0.15, -0.1) is 0 Å². The van der Waals surface area contributed by atoms with E-state index in [2.05, 4.69) is 5.32 Å². The number of alkyl halides is 3. The molecule has 0 aromatic heterocycles. The number of nitrogens with one attached hydrogen (secondary N) is 1. The zero-order chi connectivity index (χ0) is 19.9. The van der Waals surface area contributed by atoms with Gasteiger partial charge in [0.2, 0.25) is 0 Å². The highest BCUT2D eigenvalue weighted by Gasteiger charge is 2.30. The topological polar surface area (TPSA) is 38.3 Å². The molecule has 0 aliphatic heterocycles. The van der Waals surface area contributed by atoms with E-state index in [0.29, 0.717) is 28.1 Å². The van der Waals surface area contributed by atoms with Gasteiger partial charge in [-0.2, -0.15) is 24.9 Å². The summed E-state index contributed by atoms with van der Waals surface area (Å²) in [6.45, 7) is 0.0650. The molecule has 0 bridgehead atoms. The average molecular weight is 438 g/mol. The van der Waals surface area contributed by atoms with E-state index in [-0.39, 0.29) is 12.4 Å². The van der Waals surface area contributed by atoms with Crippen molar-refractivity contribution in [3.8, 4) is 5.75 Å². The van der Waals surface area contributed by atoms with Gasteiger partial charge in [0.05, 0.1) is 15.6 Å². The first-order valence-electron chi connectivity index (χ1n) is 7.84. The molecule has 0 saturated carbocycles. The Morgan fingerprint density at radius 2 is 1.89 bits per heavy atom. The maximum absolute atomic E-state index is 12.6. The maximum atomic E-state index is 12.6. The van der Waals surface area contributed by atoms with Crippen molar-refractivity contribution in [2.45, 2.75) is 11.9 Å². The quantitative estimate of drug-likeness (QED) is 0.558. The number of hydrogen-bond donors (Lipinski definition) is 1. The molecule has 9 heteroatoms. The molecule has 146 valence electrons. The van der Waals surface area contributed by atoms with Crippen LogP contribution in [0.2, 0.25) is 10.0 Å². The van der Waals surface area contributed by atoms with Crippen LogP contribution in [0.15, 0.2) is 42.5 Å². The van der Waals surface area contributed by atoms with Crippen LogP contribution in [0.1, 0.15) is 11.1 Å². The molecule has 0 saturated heterocycles. The first-order valence-corrected chi connectivity index (χ1v) is 9.75. The third-order valence-electron chi connectivity index (χ3n) is 3.35. The fourth-order valence-corrected chi connectivity index (χ4v) is 3.17. The highest BCUT2D eigenvalue weighted by molar-refractivity contribution is 7.98. The summed E-state index contributed by atoms with van der Waals surface area (Å²) in [6.07, 6.45) is -4.45. The van der Waals surface area contributed by atoms with Crippen LogP contribution < -0.4 is 10.1 Å². The molecule has 0 radical (unpaired) electrons. The fraction of sp³-hybridized carbons (Fsp3) is 0.278. The van der Waals surface area contributed by atoms with Gasteiger partial charge in [-0.1, -0.05) is 35.3 Å². The molecule has 1 amide bonds. The second-order valence-corrected chi connectivity index (χ2v) is 7.38. The van der Waals surface area contributed by atoms with Crippen molar-refractivity contribution in [2.75, 3.05) is 18.9 Å². The number of ether oxygens (including phenoxy) is 1. The molecule has 2 aromatic rings. The lowest BCUT2D eigenvalue weighted by Gasteiger charge is -2.10. The van der Waals surface area contributed by atoms with Crippen LogP contribution in [0.4, 0.5) is 13.2 Å². The minimum atomic E-state index is -4.45. The Balaban J connectivity index is 1.66. The maximum Gasteiger partial charge on any atom is 0.416 e. The van der Waals surface area contributed by atoms with Gasteiger partial charge in [0, 0.05) is 18.1 Å². The van der Waals surface area contributed by atoms with Crippen molar-refractivity contribution in [2.24, 2.45) is 0 Å². The second-order valence-electron chi connectivity index (χ2n) is 5.47. The van der Waals surface area contributed by atoms with E-state index >= 15 is 0 Å². The van der Waals surface area contributed by atoms with Gasteiger partial charge in [0.1, 0.15) is 5.75 Å². The molecule has 0 spiro atoms. The zero-order valence-corrected chi connectivity index (χ0v) is 16.3. The first-order chi connectivity index (χ1) is 12.8. The smallest absolute Gasteiger partial charge is 0.416 e. The highest BCUT2D eigenvalue weighted by Crippen LogP contribution is 2.31. The predicted molar refractivity (Wildman–Crippen MR) is 103 cm³/mol. The molecule has 27 heavy (non-hydrogen) atoms. The van der Waals surface area contributed by atoms with Gasteiger partial charge in [-0.3, -0.25) is 4.79 Å². The van der Waals surface area contributed by atoms with E-state index in [1.54, 1.807) is 23.9 Å². The van der Waals surface area contributed by atoms with Gasteiger partial charge in [0.15, 0.2) is 6.61 Å². The molecule has 2 rings (SSSR count). The van der Waals surface area contributed by atoms with Crippen molar-refractivity contribution in [3.05, 3.63) is 63.6 Å². The lowest BCUT2D eigenvalue weighted by molar-refractivity contribution is -0.137. The van der Waals surface area contributed by atoms with E-state index in [1.807, 2.05) is 6.07 Å². The van der Waals surface area contributed by atoms with Gasteiger partial charge in [-0.25, -0.2) is 0 Å². The van der Waals surface area contributed by atoms with Crippen LogP contribution in [-0.4, -0.2) is 24.8 Å². The number of hydrogen-bond acceptors (Lipinski definition) is 3. The first kappa shape index (κ1) is 21.7. The molecule has 0 aliphatic carbocycles. The molecule has 0 heterocycles. The minimum Gasteiger partial charge on any atom is -0.484 e. The van der Waals surface area contributed by atoms with Crippen LogP contribution in [0.5, 0.6) is 5.75 Å². The SMILES string of the molecule is O=C(COc1cccc(C(F)(F)F)c1)NCCSCc1ccc(Cl)c(Cl)c1. The Hall–Kier alpha value is -1.57. The summed E-state index contributed by atoms with van der Waals surface area (Å²) >= 11 is 13.4. The molecular weight excluding hydrogens is 422 g/mol. The summed E-state index contributed by atoms with van der Waals surface area (Å²) in [5.41, 5.74) is 0.202. The summed E-state index contributed by atoms with van der Waals surface area (Å²) in [7, 11) is 0. The van der Waals surface area contributed by atoms with Gasteiger partial charge < -0.3 is 10.1 Å². The Labute approximate surface area is 169 Å². The van der Waals surface area contributed by atoms with Crippen molar-refractivity contribution in [1.29, 1.82) is 0 Å². The minimum absolute atomic E-state index is 0.00559. The van der Waals surface area contributed by atoms with Crippen molar-refractivity contribution in [1.82, 2.24) is 5.32 Å². The van der Waals surface area contributed by atoms with Crippen molar-refractivity contribution >= 4 is 40.9 Å². The molecule has 0 fully saturated rings. The second kappa shape index (κ2) is 10.1.